The molecule has 2 fully saturated rings. The molecular formula is C12H19B2FO8PS-. The van der Waals surface area contributed by atoms with Crippen molar-refractivity contribution in [2.75, 3.05) is 27.4 Å². The van der Waals surface area contributed by atoms with E-state index < -0.39 is 62.0 Å². The monoisotopic (exact) mass is 395 g/mol. The molecule has 0 bridgehead atoms. The molecule has 2 aliphatic heterocycles. The summed E-state index contributed by atoms with van der Waals surface area (Å²) < 4.78 is 44.7. The van der Waals surface area contributed by atoms with Crippen molar-refractivity contribution in [2.24, 2.45) is 0 Å². The number of alkyl halides is 1. The van der Waals surface area contributed by atoms with Gasteiger partial charge in [-0.05, 0) is 0 Å². The lowest BCUT2D eigenvalue weighted by Gasteiger charge is -2.34. The van der Waals surface area contributed by atoms with Crippen molar-refractivity contribution in [3.05, 3.63) is 0 Å². The molecule has 0 aromatic rings. The van der Waals surface area contributed by atoms with Crippen molar-refractivity contribution >= 4 is 34.2 Å². The van der Waals surface area contributed by atoms with Crippen LogP contribution in [0.1, 0.15) is 0 Å². The van der Waals surface area contributed by atoms with Gasteiger partial charge in [-0.15, -0.1) is 0 Å². The minimum Gasteiger partial charge on any atom is -0.780 e. The molecule has 2 heterocycles. The third-order valence-electron chi connectivity index (χ3n) is 4.04. The van der Waals surface area contributed by atoms with Gasteiger partial charge in [0, 0.05) is 20.2 Å². The summed E-state index contributed by atoms with van der Waals surface area (Å²) >= 11 is 4.84. The predicted octanol–water partition coefficient (Wildman–Crippen LogP) is -1.88. The molecule has 2 rings (SSSR count). The van der Waals surface area contributed by atoms with Crippen LogP contribution in [0.4, 0.5) is 4.39 Å². The van der Waals surface area contributed by atoms with Gasteiger partial charge in [0.2, 0.25) is 0 Å². The molecule has 9 atom stereocenters. The largest absolute Gasteiger partial charge is 0.780 e. The Morgan fingerprint density at radius 1 is 1.12 bits per heavy atom. The Balaban J connectivity index is 1.96. The van der Waals surface area contributed by atoms with Crippen LogP contribution in [0, 0.1) is 0 Å². The molecule has 0 spiro atoms. The van der Waals surface area contributed by atoms with Gasteiger partial charge in [0.25, 0.3) is 0 Å². The summed E-state index contributed by atoms with van der Waals surface area (Å²) in [5.41, 5.74) is 0. The number of methoxy groups -OCH3 is 2. The zero-order valence-electron chi connectivity index (χ0n) is 13.7. The maximum Gasteiger partial charge on any atom is 0.146 e. The smallest absolute Gasteiger partial charge is 0.146 e. The van der Waals surface area contributed by atoms with Gasteiger partial charge >= 0.3 is 0 Å². The van der Waals surface area contributed by atoms with Crippen LogP contribution in [-0.2, 0) is 39.8 Å². The van der Waals surface area contributed by atoms with Gasteiger partial charge in [-0.25, -0.2) is 4.39 Å². The van der Waals surface area contributed by atoms with Gasteiger partial charge < -0.3 is 38.0 Å². The number of halogens is 1. The molecule has 3 unspecified atom stereocenters. The highest BCUT2D eigenvalue weighted by molar-refractivity contribution is 8.06. The van der Waals surface area contributed by atoms with E-state index in [9.17, 15) is 14.4 Å². The van der Waals surface area contributed by atoms with E-state index in [0.29, 0.717) is 0 Å². The fourth-order valence-electron chi connectivity index (χ4n) is 2.80. The third kappa shape index (κ3) is 5.01. The van der Waals surface area contributed by atoms with Crippen LogP contribution in [0.5, 0.6) is 0 Å². The minimum absolute atomic E-state index is 0.353. The Morgan fingerprint density at radius 2 is 1.72 bits per heavy atom. The Morgan fingerprint density at radius 3 is 2.28 bits per heavy atom. The maximum absolute atomic E-state index is 13.8. The first-order chi connectivity index (χ1) is 11.7. The van der Waals surface area contributed by atoms with E-state index in [4.69, 9.17) is 55.5 Å². The Bertz CT molecular complexity index is 494. The standard InChI is InChI=1S/C12H20B2FO8PS/c1-18-8-6(22-11(13)7(8)15)4-20-24(17,25)23-9-5(3-16)21-12(14)10(9)19-2/h5-12,16H,3-4H2,1-2H3,(H,17,25)/p-1/t5-,6-,7?,8+,9+,10?,11-,12-,24?/m1/s1. The molecule has 0 aromatic heterocycles. The second-order valence-electron chi connectivity index (χ2n) is 5.62. The molecule has 4 radical (unpaired) electrons. The average Bonchev–Trinajstić information content (AvgIpc) is 3.01. The zero-order valence-corrected chi connectivity index (χ0v) is 15.4. The number of aliphatic hydroxyl groups excluding tert-OH is 1. The van der Waals surface area contributed by atoms with Crippen LogP contribution in [0.2, 0.25) is 0 Å². The fourth-order valence-corrected chi connectivity index (χ4v) is 4.23. The lowest BCUT2D eigenvalue weighted by Crippen LogP contribution is -2.39. The number of aliphatic hydroxyl groups is 1. The number of rotatable bonds is 8. The van der Waals surface area contributed by atoms with Gasteiger partial charge in [0.05, 0.1) is 19.2 Å². The van der Waals surface area contributed by atoms with Gasteiger partial charge in [-0.1, -0.05) is 11.8 Å². The van der Waals surface area contributed by atoms with Crippen LogP contribution in [-0.4, -0.2) is 96.9 Å². The predicted molar refractivity (Wildman–Crippen MR) is 87.5 cm³/mol. The first-order valence-electron chi connectivity index (χ1n) is 7.50. The van der Waals surface area contributed by atoms with Crippen molar-refractivity contribution in [1.29, 1.82) is 0 Å². The molecule has 140 valence electrons. The Hall–Kier alpha value is 0.390. The fraction of sp³-hybridized carbons (Fsp3) is 1.00. The van der Waals surface area contributed by atoms with E-state index in [1.807, 2.05) is 0 Å². The van der Waals surface area contributed by atoms with E-state index >= 15 is 0 Å². The first-order valence-corrected chi connectivity index (χ1v) is 10.1. The zero-order chi connectivity index (χ0) is 18.8. The summed E-state index contributed by atoms with van der Waals surface area (Å²) in [5, 5.41) is 9.32. The van der Waals surface area contributed by atoms with Crippen LogP contribution in [0.3, 0.4) is 0 Å². The minimum atomic E-state index is -4.04. The highest BCUT2D eigenvalue weighted by atomic mass is 32.5. The Kier molecular flexibility index (Phi) is 7.85. The first kappa shape index (κ1) is 21.7. The van der Waals surface area contributed by atoms with Crippen LogP contribution < -0.4 is 4.89 Å². The van der Waals surface area contributed by atoms with Crippen molar-refractivity contribution in [2.45, 2.75) is 48.7 Å². The number of ether oxygens (including phenoxy) is 4. The quantitative estimate of drug-likeness (QED) is 0.374. The third-order valence-corrected chi connectivity index (χ3v) is 5.59. The summed E-state index contributed by atoms with van der Waals surface area (Å²) in [5.74, 6) is 0. The number of hydrogen-bond acceptors (Lipinski definition) is 9. The van der Waals surface area contributed by atoms with E-state index in [1.165, 1.54) is 14.2 Å². The molecule has 2 saturated heterocycles. The summed E-state index contributed by atoms with van der Waals surface area (Å²) in [6.45, 7) is -4.83. The van der Waals surface area contributed by atoms with E-state index in [0.717, 1.165) is 0 Å². The van der Waals surface area contributed by atoms with Crippen LogP contribution in [0.15, 0.2) is 0 Å². The summed E-state index contributed by atoms with van der Waals surface area (Å²) in [7, 11) is 13.8. The van der Waals surface area contributed by atoms with Crippen molar-refractivity contribution in [3.63, 3.8) is 0 Å². The lowest BCUT2D eigenvalue weighted by atomic mass is 9.93. The summed E-state index contributed by atoms with van der Waals surface area (Å²) in [6, 6.07) is -2.06. The lowest BCUT2D eigenvalue weighted by molar-refractivity contribution is -0.218. The molecular weight excluding hydrogens is 376 g/mol. The normalized spacial score (nSPS) is 44.0. The molecule has 13 heteroatoms. The molecule has 2 aliphatic rings. The van der Waals surface area contributed by atoms with Gasteiger partial charge in [-0.2, -0.15) is 0 Å². The van der Waals surface area contributed by atoms with E-state index in [1.54, 1.807) is 0 Å². The topological polar surface area (TPSA) is 98.7 Å². The van der Waals surface area contributed by atoms with Gasteiger partial charge in [-0.3, -0.25) is 0 Å². The summed E-state index contributed by atoms with van der Waals surface area (Å²) in [4.78, 5) is 12.4. The molecule has 8 nitrogen and oxygen atoms in total. The molecule has 0 aliphatic carbocycles. The Labute approximate surface area is 153 Å². The second-order valence-corrected chi connectivity index (χ2v) is 8.32. The van der Waals surface area contributed by atoms with E-state index in [-0.39, 0.29) is 6.61 Å². The maximum atomic E-state index is 13.8. The molecule has 1 N–H and O–H groups in total. The number of hydrogen-bond donors (Lipinski definition) is 1. The van der Waals surface area contributed by atoms with Gasteiger partial charge in [0.15, 0.2) is 0 Å². The van der Waals surface area contributed by atoms with E-state index in [2.05, 4.69) is 0 Å². The van der Waals surface area contributed by atoms with Gasteiger partial charge in [0.1, 0.15) is 59.1 Å². The van der Waals surface area contributed by atoms with Crippen LogP contribution in [0.25, 0.3) is 0 Å². The SMILES string of the molecule is [B][C@@H]1O[C@H](COP([O-])(=S)O[C@@H]2C(OC)[C@H]([B])O[C@@H]2CO)[C@H](OC)C1F. The average molecular weight is 395 g/mol. The highest BCUT2D eigenvalue weighted by Gasteiger charge is 2.45. The van der Waals surface area contributed by atoms with Crippen LogP contribution >= 0.6 is 6.72 Å². The molecule has 25 heavy (non-hydrogen) atoms. The summed E-state index contributed by atoms with van der Waals surface area (Å²) in [6.07, 6.45) is -6.10. The van der Waals surface area contributed by atoms with Crippen molar-refractivity contribution < 1.29 is 42.4 Å². The molecule has 0 saturated carbocycles. The molecule has 0 amide bonds. The molecule has 0 aromatic carbocycles. The van der Waals surface area contributed by atoms with Crippen molar-refractivity contribution in [3.8, 4) is 0 Å². The highest BCUT2D eigenvalue weighted by Crippen LogP contribution is 2.44. The second kappa shape index (κ2) is 9.05. The van der Waals surface area contributed by atoms with Crippen molar-refractivity contribution in [1.82, 2.24) is 0 Å².